The molecule has 0 spiro atoms. The van der Waals surface area contributed by atoms with Gasteiger partial charge >= 0.3 is 18.0 Å². The molecule has 0 aromatic carbocycles. The lowest BCUT2D eigenvalue weighted by atomic mass is 9.75. The third-order valence-electron chi connectivity index (χ3n) is 5.12. The van der Waals surface area contributed by atoms with Crippen molar-refractivity contribution in [2.24, 2.45) is 17.8 Å². The van der Waals surface area contributed by atoms with Gasteiger partial charge in [0.05, 0.1) is 18.8 Å². The number of carbonyl (C=O) groups is 2. The molecule has 2 aliphatic rings. The molecule has 1 fully saturated rings. The minimum Gasteiger partial charge on any atom is -0.447 e. The molecule has 2 rings (SSSR count). The van der Waals surface area contributed by atoms with Crippen LogP contribution in [0.3, 0.4) is 0 Å². The van der Waals surface area contributed by atoms with E-state index in [1.54, 1.807) is 6.92 Å². The average molecular weight is 368 g/mol. The molecule has 0 saturated heterocycles. The van der Waals surface area contributed by atoms with Crippen LogP contribution in [0.4, 0.5) is 4.79 Å². The molecule has 0 bridgehead atoms. The summed E-state index contributed by atoms with van der Waals surface area (Å²) >= 11 is 0. The van der Waals surface area contributed by atoms with Crippen molar-refractivity contribution in [3.63, 3.8) is 0 Å². The van der Waals surface area contributed by atoms with Crippen LogP contribution < -0.4 is 0 Å². The van der Waals surface area contributed by atoms with E-state index < -0.39 is 6.16 Å². The van der Waals surface area contributed by atoms with Crippen LogP contribution in [0.1, 0.15) is 47.0 Å². The Kier molecular flexibility index (Phi) is 7.20. The Labute approximate surface area is 154 Å². The van der Waals surface area contributed by atoms with Crippen LogP contribution >= 0.6 is 0 Å². The van der Waals surface area contributed by atoms with Crippen LogP contribution in [0.15, 0.2) is 11.6 Å². The summed E-state index contributed by atoms with van der Waals surface area (Å²) in [7, 11) is 1.50. The van der Waals surface area contributed by atoms with E-state index in [0.717, 1.165) is 18.4 Å². The first-order chi connectivity index (χ1) is 12.3. The summed E-state index contributed by atoms with van der Waals surface area (Å²) in [4.78, 5) is 33.9. The number of ether oxygens (including phenoxy) is 2. The summed E-state index contributed by atoms with van der Waals surface area (Å²) in [5.74, 6) is 1.67. The van der Waals surface area contributed by atoms with Crippen LogP contribution in [-0.4, -0.2) is 48.9 Å². The maximum Gasteiger partial charge on any atom is 0.540 e. The van der Waals surface area contributed by atoms with Crippen molar-refractivity contribution in [3.05, 3.63) is 11.6 Å². The molecular weight excluding hydrogens is 338 g/mol. The van der Waals surface area contributed by atoms with Gasteiger partial charge in [-0.1, -0.05) is 27.2 Å². The molecule has 0 N–H and O–H groups in total. The van der Waals surface area contributed by atoms with Gasteiger partial charge in [-0.3, -0.25) is 4.89 Å². The van der Waals surface area contributed by atoms with Gasteiger partial charge in [-0.15, -0.1) is 4.58 Å². The summed E-state index contributed by atoms with van der Waals surface area (Å²) in [6.45, 7) is 8.47. The highest BCUT2D eigenvalue weighted by molar-refractivity contribution is 6.03. The Morgan fingerprint density at radius 1 is 1.35 bits per heavy atom. The first kappa shape index (κ1) is 20.4. The van der Waals surface area contributed by atoms with Crippen molar-refractivity contribution < 1.29 is 33.4 Å². The zero-order chi connectivity index (χ0) is 19.3. The van der Waals surface area contributed by atoms with E-state index >= 15 is 0 Å². The molecule has 1 saturated carbocycles. The molecule has 26 heavy (non-hydrogen) atoms. The topological polar surface area (TPSA) is 74.1 Å². The molecule has 3 atom stereocenters. The van der Waals surface area contributed by atoms with Gasteiger partial charge in [0.2, 0.25) is 0 Å². The molecular formula is C19H30NO6+. The Balaban J connectivity index is 1.77. The van der Waals surface area contributed by atoms with E-state index in [9.17, 15) is 9.59 Å². The molecule has 1 aliphatic heterocycles. The lowest BCUT2D eigenvalue weighted by molar-refractivity contribution is -0.452. The van der Waals surface area contributed by atoms with E-state index in [-0.39, 0.29) is 25.2 Å². The second-order valence-electron chi connectivity index (χ2n) is 7.47. The average Bonchev–Trinajstić information content (AvgIpc) is 2.85. The van der Waals surface area contributed by atoms with Crippen molar-refractivity contribution in [2.45, 2.75) is 53.1 Å². The van der Waals surface area contributed by atoms with Crippen LogP contribution in [0.25, 0.3) is 0 Å². The Morgan fingerprint density at radius 3 is 2.73 bits per heavy atom. The van der Waals surface area contributed by atoms with E-state index in [2.05, 4.69) is 20.8 Å². The van der Waals surface area contributed by atoms with Gasteiger partial charge in [0.15, 0.2) is 13.2 Å². The second kappa shape index (κ2) is 9.16. The monoisotopic (exact) mass is 368 g/mol. The van der Waals surface area contributed by atoms with Gasteiger partial charge in [-0.05, 0) is 37.5 Å². The van der Waals surface area contributed by atoms with Gasteiger partial charge in [0.1, 0.15) is 6.10 Å². The van der Waals surface area contributed by atoms with E-state index in [0.29, 0.717) is 23.7 Å². The van der Waals surface area contributed by atoms with E-state index in [1.807, 2.05) is 0 Å². The molecule has 0 aromatic heterocycles. The fourth-order valence-electron chi connectivity index (χ4n) is 3.69. The number of hydrogen-bond acceptors (Lipinski definition) is 6. The summed E-state index contributed by atoms with van der Waals surface area (Å²) in [5, 5.41) is 0. The highest BCUT2D eigenvalue weighted by atomic mass is 17.2. The first-order valence-corrected chi connectivity index (χ1v) is 9.24. The quantitative estimate of drug-likeness (QED) is 0.310. The lowest BCUT2D eigenvalue weighted by Gasteiger charge is -2.35. The van der Waals surface area contributed by atoms with Gasteiger partial charge in [0.25, 0.3) is 0 Å². The fraction of sp³-hybridized carbons (Fsp3) is 0.737. The summed E-state index contributed by atoms with van der Waals surface area (Å²) in [6.07, 6.45) is 3.60. The smallest absolute Gasteiger partial charge is 0.447 e. The van der Waals surface area contributed by atoms with Crippen LogP contribution in [0.2, 0.25) is 0 Å². The summed E-state index contributed by atoms with van der Waals surface area (Å²) in [5.41, 5.74) is 0.745. The third kappa shape index (κ3) is 5.06. The van der Waals surface area contributed by atoms with Crippen LogP contribution in [0.5, 0.6) is 0 Å². The number of rotatable bonds is 6. The van der Waals surface area contributed by atoms with Gasteiger partial charge in [0, 0.05) is 0 Å². The zero-order valence-electron chi connectivity index (χ0n) is 16.3. The highest BCUT2D eigenvalue weighted by Gasteiger charge is 2.34. The van der Waals surface area contributed by atoms with Crippen LogP contribution in [-0.2, 0) is 24.0 Å². The number of amides is 1. The number of carbonyl (C=O) groups excluding carboxylic acids is 2. The number of methoxy groups -OCH3 is 1. The molecule has 0 radical (unpaired) electrons. The van der Waals surface area contributed by atoms with Crippen molar-refractivity contribution in [2.75, 3.05) is 20.3 Å². The van der Waals surface area contributed by atoms with E-state index in [1.165, 1.54) is 24.2 Å². The zero-order valence-corrected chi connectivity index (χ0v) is 16.3. The SMILES string of the molecule is COC1=[N+](CCOC(=O)OOC2CC(C)CCC2C(C)C)C(=O)C=C1C. The predicted molar refractivity (Wildman–Crippen MR) is 94.6 cm³/mol. The predicted octanol–water partition coefficient (Wildman–Crippen LogP) is 3.08. The van der Waals surface area contributed by atoms with Crippen molar-refractivity contribution in [3.8, 4) is 0 Å². The van der Waals surface area contributed by atoms with Crippen molar-refractivity contribution >= 4 is 18.0 Å². The largest absolute Gasteiger partial charge is 0.540 e. The molecule has 1 amide bonds. The van der Waals surface area contributed by atoms with Crippen LogP contribution in [0, 0.1) is 17.8 Å². The molecule has 1 heterocycles. The fourth-order valence-corrected chi connectivity index (χ4v) is 3.69. The minimum absolute atomic E-state index is 0.00338. The van der Waals surface area contributed by atoms with Gasteiger partial charge in [-0.25, -0.2) is 9.59 Å². The number of hydrogen-bond donors (Lipinski definition) is 0. The number of nitrogens with zero attached hydrogens (tertiary/aromatic N) is 1. The Morgan fingerprint density at radius 2 is 2.08 bits per heavy atom. The molecule has 146 valence electrons. The molecule has 1 aliphatic carbocycles. The molecule has 3 unspecified atom stereocenters. The van der Waals surface area contributed by atoms with E-state index in [4.69, 9.17) is 19.2 Å². The van der Waals surface area contributed by atoms with Crippen molar-refractivity contribution in [1.82, 2.24) is 0 Å². The van der Waals surface area contributed by atoms with Gasteiger partial charge < -0.3 is 9.47 Å². The Hall–Kier alpha value is -1.89. The summed E-state index contributed by atoms with van der Waals surface area (Å²) in [6, 6.07) is 0. The lowest BCUT2D eigenvalue weighted by Crippen LogP contribution is -2.35. The molecule has 7 nitrogen and oxygen atoms in total. The maximum atomic E-state index is 11.8. The normalized spacial score (nSPS) is 26.2. The van der Waals surface area contributed by atoms with Crippen molar-refractivity contribution in [1.29, 1.82) is 0 Å². The second-order valence-corrected chi connectivity index (χ2v) is 7.47. The highest BCUT2D eigenvalue weighted by Crippen LogP contribution is 2.35. The third-order valence-corrected chi connectivity index (χ3v) is 5.12. The van der Waals surface area contributed by atoms with Gasteiger partial charge in [-0.2, -0.15) is 4.89 Å². The molecule has 0 aromatic rings. The first-order valence-electron chi connectivity index (χ1n) is 9.24. The molecule has 7 heteroatoms. The summed E-state index contributed by atoms with van der Waals surface area (Å²) < 4.78 is 11.6. The minimum atomic E-state index is -0.888. The maximum absolute atomic E-state index is 11.8. The Bertz CT molecular complexity index is 595. The standard InChI is InChI=1S/C19H30NO6/c1-12(2)15-7-6-13(3)10-16(15)25-26-19(22)24-9-8-20-17(21)11-14(4)18(20)23-5/h11-13,15-16H,6-10H2,1-5H3/q+1.